The highest BCUT2D eigenvalue weighted by Gasteiger charge is 2.09. The maximum Gasteiger partial charge on any atom is 0.209 e. The van der Waals surface area contributed by atoms with Crippen LogP contribution in [-0.4, -0.2) is 48.8 Å². The van der Waals surface area contributed by atoms with Crippen molar-refractivity contribution in [3.8, 4) is 0 Å². The molecule has 0 radical (unpaired) electrons. The predicted molar refractivity (Wildman–Crippen MR) is 68.7 cm³/mol. The second-order valence-corrected chi connectivity index (χ2v) is 5.81. The standard InChI is InChI=1S/C9H17BrN4S/c1-4-14(7-5-6-13(2)3)9-12-11-8(10)15-9/h4-7H2,1-3H3. The Morgan fingerprint density at radius 3 is 2.47 bits per heavy atom. The van der Waals surface area contributed by atoms with Crippen molar-refractivity contribution >= 4 is 32.4 Å². The first kappa shape index (κ1) is 12.9. The molecule has 0 N–H and O–H groups in total. The molecule has 0 atom stereocenters. The van der Waals surface area contributed by atoms with Gasteiger partial charge in [0, 0.05) is 13.1 Å². The van der Waals surface area contributed by atoms with Gasteiger partial charge in [0.25, 0.3) is 0 Å². The summed E-state index contributed by atoms with van der Waals surface area (Å²) in [6, 6.07) is 0. The van der Waals surface area contributed by atoms with Gasteiger partial charge in [-0.15, -0.1) is 10.2 Å². The molecule has 86 valence electrons. The summed E-state index contributed by atoms with van der Waals surface area (Å²) >= 11 is 4.92. The largest absolute Gasteiger partial charge is 0.347 e. The molecular formula is C9H17BrN4S. The van der Waals surface area contributed by atoms with E-state index in [1.807, 2.05) is 0 Å². The topological polar surface area (TPSA) is 32.3 Å². The number of hydrogen-bond acceptors (Lipinski definition) is 5. The van der Waals surface area contributed by atoms with E-state index in [-0.39, 0.29) is 0 Å². The van der Waals surface area contributed by atoms with E-state index in [4.69, 9.17) is 0 Å². The summed E-state index contributed by atoms with van der Waals surface area (Å²) in [4.78, 5) is 4.45. The predicted octanol–water partition coefficient (Wildman–Crippen LogP) is 2.08. The van der Waals surface area contributed by atoms with Gasteiger partial charge in [0.05, 0.1) is 0 Å². The van der Waals surface area contributed by atoms with Crippen LogP contribution in [0.3, 0.4) is 0 Å². The molecule has 1 aromatic rings. The molecule has 1 rings (SSSR count). The van der Waals surface area contributed by atoms with Gasteiger partial charge in [-0.2, -0.15) is 0 Å². The Morgan fingerprint density at radius 2 is 2.00 bits per heavy atom. The van der Waals surface area contributed by atoms with Gasteiger partial charge in [0.1, 0.15) is 0 Å². The van der Waals surface area contributed by atoms with Gasteiger partial charge in [-0.3, -0.25) is 0 Å². The number of halogens is 1. The van der Waals surface area contributed by atoms with Crippen molar-refractivity contribution in [2.24, 2.45) is 0 Å². The molecule has 0 aliphatic rings. The van der Waals surface area contributed by atoms with Gasteiger partial charge in [-0.25, -0.2) is 0 Å². The number of aromatic nitrogens is 2. The van der Waals surface area contributed by atoms with Crippen molar-refractivity contribution in [1.29, 1.82) is 0 Å². The highest BCUT2D eigenvalue weighted by atomic mass is 79.9. The minimum Gasteiger partial charge on any atom is -0.347 e. The van der Waals surface area contributed by atoms with Crippen molar-refractivity contribution in [2.45, 2.75) is 13.3 Å². The summed E-state index contributed by atoms with van der Waals surface area (Å²) in [5.74, 6) is 0. The van der Waals surface area contributed by atoms with Crippen molar-refractivity contribution in [3.05, 3.63) is 3.92 Å². The van der Waals surface area contributed by atoms with E-state index in [9.17, 15) is 0 Å². The fraction of sp³-hybridized carbons (Fsp3) is 0.778. The molecule has 0 unspecified atom stereocenters. The van der Waals surface area contributed by atoms with Crippen LogP contribution in [-0.2, 0) is 0 Å². The van der Waals surface area contributed by atoms with Gasteiger partial charge in [-0.05, 0) is 49.9 Å². The number of nitrogens with zero attached hydrogens (tertiary/aromatic N) is 4. The molecule has 0 saturated carbocycles. The first-order valence-electron chi connectivity index (χ1n) is 5.02. The van der Waals surface area contributed by atoms with E-state index >= 15 is 0 Å². The molecule has 0 amide bonds. The quantitative estimate of drug-likeness (QED) is 0.804. The van der Waals surface area contributed by atoms with Crippen LogP contribution < -0.4 is 4.90 Å². The monoisotopic (exact) mass is 292 g/mol. The van der Waals surface area contributed by atoms with Gasteiger partial charge >= 0.3 is 0 Å². The molecular weight excluding hydrogens is 276 g/mol. The zero-order chi connectivity index (χ0) is 11.3. The van der Waals surface area contributed by atoms with Gasteiger partial charge in [0.15, 0.2) is 3.92 Å². The van der Waals surface area contributed by atoms with Crippen molar-refractivity contribution < 1.29 is 0 Å². The average Bonchev–Trinajstić information content (AvgIpc) is 2.59. The molecule has 0 saturated heterocycles. The lowest BCUT2D eigenvalue weighted by Crippen LogP contribution is -2.26. The molecule has 0 spiro atoms. The first-order chi connectivity index (χ1) is 7.13. The van der Waals surface area contributed by atoms with Gasteiger partial charge in [-0.1, -0.05) is 11.3 Å². The van der Waals surface area contributed by atoms with Crippen LogP contribution in [0.1, 0.15) is 13.3 Å². The Labute approximate surface area is 103 Å². The summed E-state index contributed by atoms with van der Waals surface area (Å²) in [5, 5.41) is 9.08. The van der Waals surface area contributed by atoms with E-state index in [0.29, 0.717) is 0 Å². The molecule has 0 bridgehead atoms. The third kappa shape index (κ3) is 4.44. The van der Waals surface area contributed by atoms with Crippen LogP contribution >= 0.6 is 27.3 Å². The fourth-order valence-electron chi connectivity index (χ4n) is 1.29. The molecule has 4 nitrogen and oxygen atoms in total. The normalized spacial score (nSPS) is 11.0. The summed E-state index contributed by atoms with van der Waals surface area (Å²) in [6.45, 7) is 5.27. The minimum atomic E-state index is 0.851. The Balaban J connectivity index is 2.42. The lowest BCUT2D eigenvalue weighted by molar-refractivity contribution is 0.400. The Kier molecular flexibility index (Phi) is 5.49. The summed E-state index contributed by atoms with van der Waals surface area (Å²) < 4.78 is 0.851. The average molecular weight is 293 g/mol. The fourth-order valence-corrected chi connectivity index (χ4v) is 2.47. The minimum absolute atomic E-state index is 0.851. The van der Waals surface area contributed by atoms with E-state index in [1.54, 1.807) is 11.3 Å². The van der Waals surface area contributed by atoms with Crippen LogP contribution in [0.2, 0.25) is 0 Å². The second kappa shape index (κ2) is 6.40. The maximum absolute atomic E-state index is 4.12. The SMILES string of the molecule is CCN(CCCN(C)C)c1nnc(Br)s1. The lowest BCUT2D eigenvalue weighted by atomic mass is 10.4. The summed E-state index contributed by atoms with van der Waals surface area (Å²) in [5.41, 5.74) is 0. The Bertz CT molecular complexity index is 289. The molecule has 0 fully saturated rings. The van der Waals surface area contributed by atoms with Crippen LogP contribution in [0.4, 0.5) is 5.13 Å². The van der Waals surface area contributed by atoms with Crippen LogP contribution in [0.5, 0.6) is 0 Å². The van der Waals surface area contributed by atoms with E-state index in [0.717, 1.165) is 35.1 Å². The lowest BCUT2D eigenvalue weighted by Gasteiger charge is -2.20. The van der Waals surface area contributed by atoms with E-state index < -0.39 is 0 Å². The number of anilines is 1. The maximum atomic E-state index is 4.12. The van der Waals surface area contributed by atoms with Gasteiger partial charge in [0.2, 0.25) is 5.13 Å². The Morgan fingerprint density at radius 1 is 1.27 bits per heavy atom. The summed E-state index contributed by atoms with van der Waals surface area (Å²) in [7, 11) is 4.19. The number of rotatable bonds is 6. The zero-order valence-electron chi connectivity index (χ0n) is 9.40. The first-order valence-corrected chi connectivity index (χ1v) is 6.63. The summed E-state index contributed by atoms with van der Waals surface area (Å²) in [6.07, 6.45) is 1.15. The highest BCUT2D eigenvalue weighted by Crippen LogP contribution is 2.23. The van der Waals surface area contributed by atoms with Gasteiger partial charge < -0.3 is 9.80 Å². The van der Waals surface area contributed by atoms with Crippen LogP contribution in [0.25, 0.3) is 0 Å². The highest BCUT2D eigenvalue weighted by molar-refractivity contribution is 9.11. The molecule has 0 aromatic carbocycles. The van der Waals surface area contributed by atoms with Crippen molar-refractivity contribution in [3.63, 3.8) is 0 Å². The number of hydrogen-bond donors (Lipinski definition) is 0. The second-order valence-electron chi connectivity index (χ2n) is 3.57. The molecule has 15 heavy (non-hydrogen) atoms. The zero-order valence-corrected chi connectivity index (χ0v) is 11.8. The third-order valence-corrected chi connectivity index (χ3v) is 3.49. The van der Waals surface area contributed by atoms with Crippen molar-refractivity contribution in [1.82, 2.24) is 15.1 Å². The van der Waals surface area contributed by atoms with Crippen LogP contribution in [0, 0.1) is 0 Å². The molecule has 0 aliphatic heterocycles. The van der Waals surface area contributed by atoms with Crippen LogP contribution in [0.15, 0.2) is 3.92 Å². The molecule has 6 heteroatoms. The molecule has 1 heterocycles. The molecule has 1 aromatic heterocycles. The Hall–Kier alpha value is -0.200. The third-order valence-electron chi connectivity index (χ3n) is 2.08. The van der Waals surface area contributed by atoms with E-state index in [1.165, 1.54) is 0 Å². The van der Waals surface area contributed by atoms with E-state index in [2.05, 4.69) is 56.9 Å². The molecule has 0 aliphatic carbocycles. The smallest absolute Gasteiger partial charge is 0.209 e. The van der Waals surface area contributed by atoms with Crippen molar-refractivity contribution in [2.75, 3.05) is 38.6 Å².